The number of para-hydroxylation sites is 2. The number of carbonyl (C=O) groups excluding carboxylic acids is 1. The molecular formula is C18H23ClN2O2. The van der Waals surface area contributed by atoms with Crippen LogP contribution in [0.15, 0.2) is 54.6 Å². The third kappa shape index (κ3) is 6.30. The number of nitrogens with one attached hydrogen (secondary N) is 1. The number of carbonyl (C=O) groups is 1. The normalized spacial score (nSPS) is 10.0. The van der Waals surface area contributed by atoms with Gasteiger partial charge in [-0.1, -0.05) is 30.3 Å². The van der Waals surface area contributed by atoms with Crippen molar-refractivity contribution in [2.45, 2.75) is 6.42 Å². The third-order valence-electron chi connectivity index (χ3n) is 3.17. The standard InChI is InChI=1S/C18H22N2O2.ClH/c1-20(2)14-8-13-19-18(21)16-11-6-7-12-17(16)22-15-9-4-3-5-10-15;/h3-7,9-12H,8,13-14H2,1-2H3,(H,19,21);1H. The zero-order valence-corrected chi connectivity index (χ0v) is 14.3. The molecule has 0 unspecified atom stereocenters. The van der Waals surface area contributed by atoms with Crippen LogP contribution in [0.2, 0.25) is 0 Å². The van der Waals surface area contributed by atoms with Gasteiger partial charge in [-0.2, -0.15) is 0 Å². The van der Waals surface area contributed by atoms with Gasteiger partial charge in [0.2, 0.25) is 0 Å². The lowest BCUT2D eigenvalue weighted by atomic mass is 10.2. The van der Waals surface area contributed by atoms with E-state index >= 15 is 0 Å². The Kier molecular flexibility index (Phi) is 8.16. The van der Waals surface area contributed by atoms with Crippen molar-refractivity contribution in [2.75, 3.05) is 27.2 Å². The number of rotatable bonds is 7. The summed E-state index contributed by atoms with van der Waals surface area (Å²) >= 11 is 0. The molecule has 0 bridgehead atoms. The van der Waals surface area contributed by atoms with Crippen LogP contribution in [0, 0.1) is 0 Å². The Hall–Kier alpha value is -2.04. The maximum absolute atomic E-state index is 12.3. The highest BCUT2D eigenvalue weighted by atomic mass is 35.5. The zero-order valence-electron chi connectivity index (χ0n) is 13.5. The van der Waals surface area contributed by atoms with Gasteiger partial charge in [0.1, 0.15) is 11.5 Å². The highest BCUT2D eigenvalue weighted by molar-refractivity contribution is 5.97. The number of benzene rings is 2. The molecule has 2 aromatic carbocycles. The average Bonchev–Trinajstić information content (AvgIpc) is 2.53. The molecule has 1 N–H and O–H groups in total. The quantitative estimate of drug-likeness (QED) is 0.787. The van der Waals surface area contributed by atoms with Gasteiger partial charge in [0, 0.05) is 6.54 Å². The molecule has 0 radical (unpaired) electrons. The van der Waals surface area contributed by atoms with Gasteiger partial charge in [-0.3, -0.25) is 4.79 Å². The second kappa shape index (κ2) is 9.87. The molecule has 0 saturated heterocycles. The molecule has 124 valence electrons. The fourth-order valence-electron chi connectivity index (χ4n) is 2.05. The van der Waals surface area contributed by atoms with Gasteiger partial charge in [0.15, 0.2) is 0 Å². The molecule has 0 atom stereocenters. The Balaban J connectivity index is 0.00000264. The molecule has 1 amide bonds. The second-order valence-corrected chi connectivity index (χ2v) is 5.32. The molecule has 0 fully saturated rings. The van der Waals surface area contributed by atoms with E-state index in [-0.39, 0.29) is 18.3 Å². The maximum Gasteiger partial charge on any atom is 0.255 e. The SMILES string of the molecule is CN(C)CCCNC(=O)c1ccccc1Oc1ccccc1.Cl. The van der Waals surface area contributed by atoms with Crippen LogP contribution in [0.3, 0.4) is 0 Å². The predicted molar refractivity (Wildman–Crippen MR) is 95.7 cm³/mol. The summed E-state index contributed by atoms with van der Waals surface area (Å²) in [5, 5.41) is 2.93. The number of amides is 1. The molecule has 0 aliphatic carbocycles. The predicted octanol–water partition coefficient (Wildman–Crippen LogP) is 3.58. The topological polar surface area (TPSA) is 41.6 Å². The molecule has 0 aliphatic heterocycles. The first kappa shape index (κ1) is 19.0. The molecule has 0 aliphatic rings. The van der Waals surface area contributed by atoms with E-state index < -0.39 is 0 Å². The molecule has 0 saturated carbocycles. The third-order valence-corrected chi connectivity index (χ3v) is 3.17. The van der Waals surface area contributed by atoms with Gasteiger partial charge in [-0.25, -0.2) is 0 Å². The summed E-state index contributed by atoms with van der Waals surface area (Å²) in [6.45, 7) is 1.60. The largest absolute Gasteiger partial charge is 0.457 e. The summed E-state index contributed by atoms with van der Waals surface area (Å²) in [6.07, 6.45) is 0.917. The van der Waals surface area contributed by atoms with E-state index in [2.05, 4.69) is 10.2 Å². The van der Waals surface area contributed by atoms with E-state index in [4.69, 9.17) is 4.74 Å². The smallest absolute Gasteiger partial charge is 0.255 e. The monoisotopic (exact) mass is 334 g/mol. The van der Waals surface area contributed by atoms with E-state index in [0.29, 0.717) is 17.9 Å². The van der Waals surface area contributed by atoms with Gasteiger partial charge < -0.3 is 15.0 Å². The minimum Gasteiger partial charge on any atom is -0.457 e. The number of hydrogen-bond acceptors (Lipinski definition) is 3. The van der Waals surface area contributed by atoms with Crippen LogP contribution in [-0.2, 0) is 0 Å². The van der Waals surface area contributed by atoms with Crippen molar-refractivity contribution in [1.29, 1.82) is 0 Å². The Morgan fingerprint density at radius 1 is 1.04 bits per heavy atom. The van der Waals surface area contributed by atoms with Crippen LogP contribution in [0.1, 0.15) is 16.8 Å². The number of ether oxygens (including phenoxy) is 1. The lowest BCUT2D eigenvalue weighted by Gasteiger charge is -2.12. The minimum atomic E-state index is -0.106. The second-order valence-electron chi connectivity index (χ2n) is 5.32. The van der Waals surface area contributed by atoms with Crippen molar-refractivity contribution >= 4 is 18.3 Å². The first-order valence-corrected chi connectivity index (χ1v) is 7.41. The van der Waals surface area contributed by atoms with Gasteiger partial charge in [-0.05, 0) is 51.3 Å². The van der Waals surface area contributed by atoms with Crippen molar-refractivity contribution in [1.82, 2.24) is 10.2 Å². The zero-order chi connectivity index (χ0) is 15.8. The van der Waals surface area contributed by atoms with Gasteiger partial charge in [-0.15, -0.1) is 12.4 Å². The number of hydrogen-bond donors (Lipinski definition) is 1. The van der Waals surface area contributed by atoms with Crippen LogP contribution in [0.4, 0.5) is 0 Å². The van der Waals surface area contributed by atoms with E-state index in [1.165, 1.54) is 0 Å². The van der Waals surface area contributed by atoms with Crippen LogP contribution in [0.25, 0.3) is 0 Å². The molecule has 0 heterocycles. The van der Waals surface area contributed by atoms with E-state index in [0.717, 1.165) is 18.7 Å². The Bertz CT molecular complexity index is 603. The van der Waals surface area contributed by atoms with Crippen molar-refractivity contribution in [3.63, 3.8) is 0 Å². The Labute approximate surface area is 143 Å². The maximum atomic E-state index is 12.3. The fourth-order valence-corrected chi connectivity index (χ4v) is 2.05. The molecule has 2 aromatic rings. The van der Waals surface area contributed by atoms with Crippen LogP contribution >= 0.6 is 12.4 Å². The molecular weight excluding hydrogens is 312 g/mol. The number of nitrogens with zero attached hydrogens (tertiary/aromatic N) is 1. The van der Waals surface area contributed by atoms with Crippen molar-refractivity contribution in [2.24, 2.45) is 0 Å². The van der Waals surface area contributed by atoms with Gasteiger partial charge in [0.05, 0.1) is 5.56 Å². The van der Waals surface area contributed by atoms with Gasteiger partial charge >= 0.3 is 0 Å². The summed E-state index contributed by atoms with van der Waals surface area (Å²) in [4.78, 5) is 14.4. The highest BCUT2D eigenvalue weighted by Gasteiger charge is 2.12. The average molecular weight is 335 g/mol. The fraction of sp³-hybridized carbons (Fsp3) is 0.278. The minimum absolute atomic E-state index is 0. The molecule has 2 rings (SSSR count). The van der Waals surface area contributed by atoms with Crippen molar-refractivity contribution in [3.05, 3.63) is 60.2 Å². The van der Waals surface area contributed by atoms with E-state index in [1.54, 1.807) is 6.07 Å². The van der Waals surface area contributed by atoms with Crippen LogP contribution < -0.4 is 10.1 Å². The summed E-state index contributed by atoms with van der Waals surface area (Å²) in [7, 11) is 4.04. The van der Waals surface area contributed by atoms with Crippen LogP contribution in [-0.4, -0.2) is 38.0 Å². The lowest BCUT2D eigenvalue weighted by Crippen LogP contribution is -2.27. The molecule has 5 heteroatoms. The van der Waals surface area contributed by atoms with Crippen LogP contribution in [0.5, 0.6) is 11.5 Å². The lowest BCUT2D eigenvalue weighted by molar-refractivity contribution is 0.0950. The molecule has 4 nitrogen and oxygen atoms in total. The first-order chi connectivity index (χ1) is 10.7. The first-order valence-electron chi connectivity index (χ1n) is 7.41. The summed E-state index contributed by atoms with van der Waals surface area (Å²) < 4.78 is 5.81. The Morgan fingerprint density at radius 2 is 1.70 bits per heavy atom. The van der Waals surface area contributed by atoms with Gasteiger partial charge in [0.25, 0.3) is 5.91 Å². The summed E-state index contributed by atoms with van der Waals surface area (Å²) in [6, 6.07) is 16.8. The molecule has 23 heavy (non-hydrogen) atoms. The number of halogens is 1. The van der Waals surface area contributed by atoms with E-state index in [9.17, 15) is 4.79 Å². The highest BCUT2D eigenvalue weighted by Crippen LogP contribution is 2.24. The summed E-state index contributed by atoms with van der Waals surface area (Å²) in [5.41, 5.74) is 0.552. The van der Waals surface area contributed by atoms with Crippen molar-refractivity contribution < 1.29 is 9.53 Å². The Morgan fingerprint density at radius 3 is 2.39 bits per heavy atom. The van der Waals surface area contributed by atoms with E-state index in [1.807, 2.05) is 62.6 Å². The molecule has 0 spiro atoms. The molecule has 0 aromatic heterocycles. The van der Waals surface area contributed by atoms with Crippen molar-refractivity contribution in [3.8, 4) is 11.5 Å². The summed E-state index contributed by atoms with van der Waals surface area (Å²) in [5.74, 6) is 1.18.